The van der Waals surface area contributed by atoms with Gasteiger partial charge >= 0.3 is 0 Å². The summed E-state index contributed by atoms with van der Waals surface area (Å²) in [4.78, 5) is 0. The minimum Gasteiger partial charge on any atom is -0.313 e. The van der Waals surface area contributed by atoms with Gasteiger partial charge in [-0.2, -0.15) is 0 Å². The molecule has 0 saturated carbocycles. The van der Waals surface area contributed by atoms with Crippen LogP contribution in [0.1, 0.15) is 40.7 Å². The lowest BCUT2D eigenvalue weighted by Crippen LogP contribution is -2.28. The van der Waals surface area contributed by atoms with Gasteiger partial charge in [0.25, 0.3) is 0 Å². The molecule has 11 aromatic rings. The molecule has 63 heavy (non-hydrogen) atoms. The number of hydrogen-bond acceptors (Lipinski definition) is 0. The Morgan fingerprint density at radius 3 is 1.17 bits per heavy atom. The molecule has 13 rings (SSSR count). The standard InChI is InChI=1S/C61H42N2/c1-7-19-55-49(13-1)50-14-2-8-20-56(50)61(55,45-33-25-41(26-34-45)43-29-37-47(38-30-43)62-57-21-9-3-15-51(57)52-16-4-10-22-58(52)62)46-35-27-42(28-36-46)44-31-39-48(40-32-44)63-59-23-11-5-17-53(59)54-18-6-12-24-60(54)63/h1-31,33-39H,32,40H2. The average molecular weight is 803 g/mol. The van der Waals surface area contributed by atoms with Crippen molar-refractivity contribution in [2.45, 2.75) is 18.3 Å². The molecular weight excluding hydrogens is 761 g/mol. The Bertz CT molecular complexity index is 3500. The molecule has 0 radical (unpaired) electrons. The lowest BCUT2D eigenvalue weighted by molar-refractivity contribution is 0.768. The maximum atomic E-state index is 2.47. The van der Waals surface area contributed by atoms with Gasteiger partial charge in [-0.15, -0.1) is 0 Å². The first-order valence-corrected chi connectivity index (χ1v) is 22.1. The van der Waals surface area contributed by atoms with Crippen molar-refractivity contribution < 1.29 is 0 Å². The monoisotopic (exact) mass is 802 g/mol. The quantitative estimate of drug-likeness (QED) is 0.158. The average Bonchev–Trinajstić information content (AvgIpc) is 3.99. The highest BCUT2D eigenvalue weighted by atomic mass is 15.0. The van der Waals surface area contributed by atoms with Crippen LogP contribution in [0.15, 0.2) is 231 Å². The zero-order chi connectivity index (χ0) is 41.5. The molecular formula is C61H42N2. The predicted molar refractivity (Wildman–Crippen MR) is 264 cm³/mol. The Kier molecular flexibility index (Phi) is 7.98. The van der Waals surface area contributed by atoms with Crippen molar-refractivity contribution in [1.29, 1.82) is 0 Å². The van der Waals surface area contributed by atoms with E-state index in [2.05, 4.69) is 240 Å². The largest absolute Gasteiger partial charge is 0.313 e. The molecule has 2 nitrogen and oxygen atoms in total. The summed E-state index contributed by atoms with van der Waals surface area (Å²) in [6, 6.07) is 81.0. The molecule has 2 heteroatoms. The van der Waals surface area contributed by atoms with Gasteiger partial charge in [0.2, 0.25) is 0 Å². The van der Waals surface area contributed by atoms with Crippen LogP contribution in [-0.2, 0) is 5.41 Å². The van der Waals surface area contributed by atoms with Crippen LogP contribution in [0.25, 0.3) is 82.8 Å². The van der Waals surface area contributed by atoms with Gasteiger partial charge < -0.3 is 9.13 Å². The van der Waals surface area contributed by atoms with Gasteiger partial charge in [-0.05, 0) is 111 Å². The van der Waals surface area contributed by atoms with Crippen LogP contribution in [0.3, 0.4) is 0 Å². The van der Waals surface area contributed by atoms with Gasteiger partial charge in [-0.1, -0.05) is 188 Å². The first kappa shape index (κ1) is 35.8. The molecule has 0 bridgehead atoms. The SMILES string of the molecule is C1=C(c2ccc(C3(c4ccc(-c5ccc(-n6c7ccccc7c7ccccc76)cc5)cc4)c4ccccc4-c4ccccc43)cc2)CCC(n2c3ccccc3c3ccccc32)=C1. The molecule has 0 saturated heterocycles. The predicted octanol–water partition coefficient (Wildman–Crippen LogP) is 15.6. The lowest BCUT2D eigenvalue weighted by Gasteiger charge is -2.34. The second kappa shape index (κ2) is 14.1. The Morgan fingerprint density at radius 2 is 0.714 bits per heavy atom. The van der Waals surface area contributed by atoms with Gasteiger partial charge in [0, 0.05) is 32.9 Å². The number of hydrogen-bond donors (Lipinski definition) is 0. The van der Waals surface area contributed by atoms with Crippen LogP contribution >= 0.6 is 0 Å². The van der Waals surface area contributed by atoms with E-state index in [1.807, 2.05) is 0 Å². The fourth-order valence-electron chi connectivity index (χ4n) is 11.2. The van der Waals surface area contributed by atoms with E-state index in [4.69, 9.17) is 0 Å². The highest BCUT2D eigenvalue weighted by molar-refractivity contribution is 6.11. The van der Waals surface area contributed by atoms with Crippen LogP contribution in [0.5, 0.6) is 0 Å². The smallest absolute Gasteiger partial charge is 0.0713 e. The van der Waals surface area contributed by atoms with Crippen LogP contribution < -0.4 is 0 Å². The van der Waals surface area contributed by atoms with Crippen molar-refractivity contribution in [3.05, 3.63) is 258 Å². The number of allylic oxidation sites excluding steroid dienone is 4. The fourth-order valence-corrected chi connectivity index (χ4v) is 11.2. The minimum absolute atomic E-state index is 0.463. The van der Waals surface area contributed by atoms with Crippen molar-refractivity contribution in [2.24, 2.45) is 0 Å². The highest BCUT2D eigenvalue weighted by Gasteiger charge is 2.45. The second-order valence-electron chi connectivity index (χ2n) is 17.1. The van der Waals surface area contributed by atoms with E-state index in [9.17, 15) is 0 Å². The number of para-hydroxylation sites is 4. The van der Waals surface area contributed by atoms with Gasteiger partial charge in [0.1, 0.15) is 0 Å². The minimum atomic E-state index is -0.463. The van der Waals surface area contributed by atoms with Crippen LogP contribution in [0, 0.1) is 0 Å². The van der Waals surface area contributed by atoms with Gasteiger partial charge in [0.05, 0.1) is 27.5 Å². The molecule has 0 amide bonds. The molecule has 0 atom stereocenters. The highest BCUT2D eigenvalue weighted by Crippen LogP contribution is 2.56. The summed E-state index contributed by atoms with van der Waals surface area (Å²) in [7, 11) is 0. The maximum Gasteiger partial charge on any atom is 0.0713 e. The van der Waals surface area contributed by atoms with E-state index in [0.29, 0.717) is 0 Å². The normalized spacial score (nSPS) is 14.2. The third-order valence-corrected chi connectivity index (χ3v) is 14.0. The number of rotatable bonds is 6. The molecule has 2 aliphatic rings. The van der Waals surface area contributed by atoms with Gasteiger partial charge in [-0.3, -0.25) is 0 Å². The van der Waals surface area contributed by atoms with Crippen molar-refractivity contribution in [2.75, 3.05) is 0 Å². The summed E-state index contributed by atoms with van der Waals surface area (Å²) < 4.78 is 4.85. The molecule has 0 unspecified atom stereocenters. The van der Waals surface area contributed by atoms with E-state index >= 15 is 0 Å². The van der Waals surface area contributed by atoms with E-state index in [0.717, 1.165) is 18.5 Å². The van der Waals surface area contributed by atoms with Crippen molar-refractivity contribution in [1.82, 2.24) is 9.13 Å². The van der Waals surface area contributed by atoms with E-state index in [-0.39, 0.29) is 0 Å². The Labute approximate surface area is 367 Å². The number of nitrogens with zero attached hydrogens (tertiary/aromatic N) is 2. The first-order chi connectivity index (χ1) is 31.3. The summed E-state index contributed by atoms with van der Waals surface area (Å²) >= 11 is 0. The third kappa shape index (κ3) is 5.31. The topological polar surface area (TPSA) is 9.86 Å². The first-order valence-electron chi connectivity index (χ1n) is 22.1. The second-order valence-corrected chi connectivity index (χ2v) is 17.1. The Morgan fingerprint density at radius 1 is 0.317 bits per heavy atom. The summed E-state index contributed by atoms with van der Waals surface area (Å²) in [5, 5.41) is 5.17. The lowest BCUT2D eigenvalue weighted by atomic mass is 9.67. The molecule has 2 heterocycles. The van der Waals surface area contributed by atoms with E-state index in [1.165, 1.54) is 105 Å². The van der Waals surface area contributed by atoms with Crippen molar-refractivity contribution in [3.63, 3.8) is 0 Å². The molecule has 9 aromatic carbocycles. The summed E-state index contributed by atoms with van der Waals surface area (Å²) in [5.74, 6) is 0. The number of benzene rings is 9. The maximum absolute atomic E-state index is 2.47. The van der Waals surface area contributed by atoms with E-state index < -0.39 is 5.41 Å². The fraction of sp³-hybridized carbons (Fsp3) is 0.0492. The molecule has 0 spiro atoms. The molecule has 0 aliphatic heterocycles. The van der Waals surface area contributed by atoms with E-state index in [1.54, 1.807) is 0 Å². The Balaban J connectivity index is 0.874. The molecule has 0 fully saturated rings. The zero-order valence-corrected chi connectivity index (χ0v) is 34.7. The molecule has 2 aromatic heterocycles. The van der Waals surface area contributed by atoms with Crippen LogP contribution in [0.2, 0.25) is 0 Å². The zero-order valence-electron chi connectivity index (χ0n) is 34.7. The van der Waals surface area contributed by atoms with Crippen LogP contribution in [-0.4, -0.2) is 9.13 Å². The number of fused-ring (bicyclic) bond motifs is 9. The van der Waals surface area contributed by atoms with Gasteiger partial charge in [0.15, 0.2) is 0 Å². The third-order valence-electron chi connectivity index (χ3n) is 14.0. The molecule has 296 valence electrons. The van der Waals surface area contributed by atoms with Crippen molar-refractivity contribution in [3.8, 4) is 27.9 Å². The van der Waals surface area contributed by atoms with Crippen molar-refractivity contribution >= 4 is 54.9 Å². The molecule has 2 aliphatic carbocycles. The summed E-state index contributed by atoms with van der Waals surface area (Å²) in [6.07, 6.45) is 6.66. The van der Waals surface area contributed by atoms with Crippen LogP contribution in [0.4, 0.5) is 0 Å². The summed E-state index contributed by atoms with van der Waals surface area (Å²) in [6.45, 7) is 0. The summed E-state index contributed by atoms with van der Waals surface area (Å²) in [5.41, 5.74) is 19.9. The Hall–Kier alpha value is -7.94. The number of aromatic nitrogens is 2. The molecule has 0 N–H and O–H groups in total. The van der Waals surface area contributed by atoms with Gasteiger partial charge in [-0.25, -0.2) is 0 Å².